The molecule has 10 heteroatoms. The van der Waals surface area contributed by atoms with Gasteiger partial charge in [-0.2, -0.15) is 26.9 Å². The number of ether oxygens (including phenoxy) is 2. The molecule has 1 heterocycles. The number of rotatable bonds is 5. The van der Waals surface area contributed by atoms with Gasteiger partial charge in [0.05, 0.1) is 6.61 Å². The van der Waals surface area contributed by atoms with Crippen LogP contribution in [0.15, 0.2) is 6.20 Å². The van der Waals surface area contributed by atoms with Gasteiger partial charge in [0.1, 0.15) is 17.7 Å². The fourth-order valence-electron chi connectivity index (χ4n) is 0.959. The average Bonchev–Trinajstić information content (AvgIpc) is 2.22. The zero-order valence-electron chi connectivity index (χ0n) is 8.75. The number of hydrogen-bond donors (Lipinski definition) is 0. The molecule has 0 radical (unpaired) electrons. The first-order valence-electron chi connectivity index (χ1n) is 4.53. The van der Waals surface area contributed by atoms with Crippen molar-refractivity contribution in [2.75, 3.05) is 13.2 Å². The number of hydrogen-bond acceptors (Lipinski definition) is 4. The molecule has 0 spiro atoms. The third-order valence-corrected chi connectivity index (χ3v) is 1.92. The molecule has 1 aromatic rings. The summed E-state index contributed by atoms with van der Waals surface area (Å²) in [6.45, 7) is -4.03. The largest absolute Gasteiger partial charge is 0.475 e. The first-order chi connectivity index (χ1) is 8.30. The van der Waals surface area contributed by atoms with Crippen LogP contribution in [0.5, 0.6) is 5.88 Å². The Labute approximate surface area is 101 Å². The first kappa shape index (κ1) is 15.0. The van der Waals surface area contributed by atoms with Gasteiger partial charge in [-0.25, -0.2) is 4.98 Å². The molecule has 1 aromatic heterocycles. The van der Waals surface area contributed by atoms with Crippen LogP contribution in [-0.4, -0.2) is 29.8 Å². The van der Waals surface area contributed by atoms with Gasteiger partial charge in [0.15, 0.2) is 0 Å². The maximum Gasteiger partial charge on any atom is 0.423 e. The lowest BCUT2D eigenvalue weighted by Gasteiger charge is -2.12. The van der Waals surface area contributed by atoms with E-state index in [1.807, 2.05) is 9.24 Å². The molecule has 1 unspecified atom stereocenters. The summed E-state index contributed by atoms with van der Waals surface area (Å²) < 4.78 is 69.2. The summed E-state index contributed by atoms with van der Waals surface area (Å²) >= 11 is 0. The van der Waals surface area contributed by atoms with Gasteiger partial charge in [0.2, 0.25) is 5.88 Å². The highest BCUT2D eigenvalue weighted by molar-refractivity contribution is 7.26. The van der Waals surface area contributed by atoms with E-state index in [4.69, 9.17) is 0 Å². The maximum atomic E-state index is 12.5. The Hall–Kier alpha value is -1.08. The molecule has 0 bridgehead atoms. The Morgan fingerprint density at radius 2 is 1.94 bits per heavy atom. The molecule has 0 saturated carbocycles. The van der Waals surface area contributed by atoms with E-state index in [9.17, 15) is 22.0 Å². The lowest BCUT2D eigenvalue weighted by atomic mass is 10.3. The quantitative estimate of drug-likeness (QED) is 0.469. The van der Waals surface area contributed by atoms with Crippen molar-refractivity contribution in [2.24, 2.45) is 0 Å². The van der Waals surface area contributed by atoms with Crippen LogP contribution in [0.4, 0.5) is 22.0 Å². The minimum atomic E-state index is -4.68. The zero-order valence-corrected chi connectivity index (χ0v) is 9.90. The fraction of sp³-hybridized carbons (Fsp3) is 0.500. The highest BCUT2D eigenvalue weighted by Gasteiger charge is 2.36. The molecule has 1 rings (SSSR count). The van der Waals surface area contributed by atoms with Crippen molar-refractivity contribution in [2.45, 2.75) is 12.8 Å². The summed E-state index contributed by atoms with van der Waals surface area (Å²) in [5, 5.41) is 0. The van der Waals surface area contributed by atoms with Crippen LogP contribution < -0.4 is 10.3 Å². The highest BCUT2D eigenvalue weighted by Crippen LogP contribution is 2.33. The van der Waals surface area contributed by atoms with Gasteiger partial charge < -0.3 is 9.47 Å². The van der Waals surface area contributed by atoms with E-state index in [2.05, 4.69) is 19.4 Å². The summed E-state index contributed by atoms with van der Waals surface area (Å²) in [6.07, 6.45) is -4.13. The monoisotopic (exact) mass is 290 g/mol. The molecule has 0 aliphatic heterocycles. The van der Waals surface area contributed by atoms with Crippen LogP contribution in [0, 0.1) is 0 Å². The second-order valence-electron chi connectivity index (χ2n) is 2.92. The third kappa shape index (κ3) is 4.66. The van der Waals surface area contributed by atoms with Gasteiger partial charge in [-0.15, -0.1) is 0 Å². The molecule has 18 heavy (non-hydrogen) atoms. The molecule has 0 aliphatic carbocycles. The van der Waals surface area contributed by atoms with Crippen molar-refractivity contribution in [3.8, 4) is 5.88 Å². The molecule has 0 saturated heterocycles. The minimum absolute atomic E-state index is 0.00669. The molecule has 0 N–H and O–H groups in total. The van der Waals surface area contributed by atoms with Crippen LogP contribution >= 0.6 is 9.24 Å². The minimum Gasteiger partial charge on any atom is -0.475 e. The second kappa shape index (κ2) is 6.19. The predicted molar refractivity (Wildman–Crippen MR) is 53.8 cm³/mol. The van der Waals surface area contributed by atoms with Crippen molar-refractivity contribution in [1.29, 1.82) is 0 Å². The van der Waals surface area contributed by atoms with E-state index < -0.39 is 37.4 Å². The molecule has 0 fully saturated rings. The molecular weight excluding hydrogens is 282 g/mol. The summed E-state index contributed by atoms with van der Waals surface area (Å²) in [5.74, 6) is -0.722. The van der Waals surface area contributed by atoms with Gasteiger partial charge in [0, 0.05) is 6.20 Å². The Bertz CT molecular complexity index is 402. The molecule has 1 atom stereocenters. The smallest absolute Gasteiger partial charge is 0.423 e. The number of halogens is 5. The number of nitrogens with zero attached hydrogens (tertiary/aromatic N) is 2. The second-order valence-corrected chi connectivity index (χ2v) is 3.44. The van der Waals surface area contributed by atoms with Gasteiger partial charge in [-0.3, -0.25) is 0 Å². The SMILES string of the molecule is FC(F)OCCOc1nc(P)ncc1C(F)(F)F. The molecule has 0 aliphatic rings. The normalized spacial score (nSPS) is 11.9. The Kier molecular flexibility index (Phi) is 5.15. The topological polar surface area (TPSA) is 44.2 Å². The molecule has 4 nitrogen and oxygen atoms in total. The molecular formula is C8H8F5N2O2P. The lowest BCUT2D eigenvalue weighted by Crippen LogP contribution is -2.18. The van der Waals surface area contributed by atoms with Crippen molar-refractivity contribution in [1.82, 2.24) is 9.97 Å². The molecule has 0 amide bonds. The summed E-state index contributed by atoms with van der Waals surface area (Å²) in [7, 11) is 2.00. The van der Waals surface area contributed by atoms with Crippen LogP contribution in [0.2, 0.25) is 0 Å². The van der Waals surface area contributed by atoms with Crippen molar-refractivity contribution in [3.05, 3.63) is 11.8 Å². The third-order valence-electron chi connectivity index (χ3n) is 1.64. The van der Waals surface area contributed by atoms with Gasteiger partial charge in [0.25, 0.3) is 0 Å². The lowest BCUT2D eigenvalue weighted by molar-refractivity contribution is -0.142. The van der Waals surface area contributed by atoms with Crippen molar-refractivity contribution < 1.29 is 31.4 Å². The number of alkyl halides is 5. The van der Waals surface area contributed by atoms with Crippen molar-refractivity contribution in [3.63, 3.8) is 0 Å². The average molecular weight is 290 g/mol. The Morgan fingerprint density at radius 1 is 1.28 bits per heavy atom. The van der Waals surface area contributed by atoms with Gasteiger partial charge in [-0.1, -0.05) is 9.24 Å². The Morgan fingerprint density at radius 3 is 2.50 bits per heavy atom. The van der Waals surface area contributed by atoms with Crippen molar-refractivity contribution >= 4 is 14.8 Å². The van der Waals surface area contributed by atoms with Crippen LogP contribution in [0.25, 0.3) is 0 Å². The molecule has 0 aromatic carbocycles. The standard InChI is InChI=1S/C8H8F5N2O2P/c9-6(10)17-2-1-16-5-4(8(11,12)13)3-14-7(18)15-5/h3,6H,1-2,18H2. The van der Waals surface area contributed by atoms with E-state index >= 15 is 0 Å². The summed E-state index contributed by atoms with van der Waals surface area (Å²) in [5.41, 5.74) is -1.18. The maximum absolute atomic E-state index is 12.5. The fourth-order valence-corrected chi connectivity index (χ4v) is 1.15. The van der Waals surface area contributed by atoms with E-state index in [-0.39, 0.29) is 5.57 Å². The van der Waals surface area contributed by atoms with Crippen LogP contribution in [0.3, 0.4) is 0 Å². The van der Waals surface area contributed by atoms with Gasteiger partial charge in [-0.05, 0) is 0 Å². The van der Waals surface area contributed by atoms with E-state index in [1.54, 1.807) is 0 Å². The summed E-state index contributed by atoms with van der Waals surface area (Å²) in [6, 6.07) is 0. The van der Waals surface area contributed by atoms with E-state index in [0.29, 0.717) is 6.20 Å². The first-order valence-corrected chi connectivity index (χ1v) is 5.10. The predicted octanol–water partition coefficient (Wildman–Crippen LogP) is 1.61. The van der Waals surface area contributed by atoms with Crippen LogP contribution in [-0.2, 0) is 10.9 Å². The van der Waals surface area contributed by atoms with E-state index in [1.165, 1.54) is 0 Å². The van der Waals surface area contributed by atoms with Gasteiger partial charge >= 0.3 is 12.8 Å². The van der Waals surface area contributed by atoms with E-state index in [0.717, 1.165) is 0 Å². The summed E-state index contributed by atoms with van der Waals surface area (Å²) in [4.78, 5) is 6.79. The molecule has 102 valence electrons. The Balaban J connectivity index is 2.71. The highest BCUT2D eigenvalue weighted by atomic mass is 31.0. The number of aromatic nitrogens is 2. The zero-order chi connectivity index (χ0) is 13.8. The van der Waals surface area contributed by atoms with Crippen LogP contribution in [0.1, 0.15) is 5.56 Å².